The fraction of sp³-hybridized carbons (Fsp3) is 0.562. The van der Waals surface area contributed by atoms with Gasteiger partial charge in [-0.25, -0.2) is 0 Å². The van der Waals surface area contributed by atoms with Gasteiger partial charge in [-0.2, -0.15) is 0 Å². The van der Waals surface area contributed by atoms with Gasteiger partial charge >= 0.3 is 0 Å². The molecule has 2 nitrogen and oxygen atoms in total. The van der Waals surface area contributed by atoms with E-state index in [1.165, 1.54) is 37.7 Å². The number of ketones is 1. The molecular formula is C16H21NO. The van der Waals surface area contributed by atoms with Crippen molar-refractivity contribution in [2.45, 2.75) is 51.1 Å². The molecular weight excluding hydrogens is 222 g/mol. The lowest BCUT2D eigenvalue weighted by Gasteiger charge is -2.23. The lowest BCUT2D eigenvalue weighted by molar-refractivity contribution is 0.0963. The molecule has 0 amide bonds. The van der Waals surface area contributed by atoms with Crippen molar-refractivity contribution in [2.75, 3.05) is 6.54 Å². The van der Waals surface area contributed by atoms with E-state index in [1.807, 2.05) is 24.3 Å². The van der Waals surface area contributed by atoms with Gasteiger partial charge in [-0.05, 0) is 19.8 Å². The highest BCUT2D eigenvalue weighted by Gasteiger charge is 2.44. The number of nitrogens with zero attached hydrogens (tertiary/aromatic N) is 1. The Labute approximate surface area is 109 Å². The van der Waals surface area contributed by atoms with Crippen LogP contribution in [0.15, 0.2) is 24.3 Å². The van der Waals surface area contributed by atoms with E-state index in [2.05, 4.69) is 11.8 Å². The zero-order valence-electron chi connectivity index (χ0n) is 11.1. The number of carbonyl (C=O) groups is 1. The Bertz CT molecular complexity index is 431. The molecule has 0 radical (unpaired) electrons. The molecule has 0 spiro atoms. The zero-order valence-corrected chi connectivity index (χ0v) is 11.1. The largest absolute Gasteiger partial charge is 0.292 e. The molecule has 1 aliphatic heterocycles. The smallest absolute Gasteiger partial charge is 0.181 e. The summed E-state index contributed by atoms with van der Waals surface area (Å²) in [7, 11) is 0. The van der Waals surface area contributed by atoms with Crippen molar-refractivity contribution in [1.82, 2.24) is 4.90 Å². The third-order valence-corrected chi connectivity index (χ3v) is 4.33. The molecule has 0 aromatic heterocycles. The quantitative estimate of drug-likeness (QED) is 0.600. The summed E-state index contributed by atoms with van der Waals surface area (Å²) in [6, 6.07) is 8.85. The maximum atomic E-state index is 12.3. The van der Waals surface area contributed by atoms with E-state index in [-0.39, 0.29) is 6.04 Å². The van der Waals surface area contributed by atoms with Crippen LogP contribution in [0, 0.1) is 6.92 Å². The first kappa shape index (κ1) is 11.9. The van der Waals surface area contributed by atoms with Crippen LogP contribution in [0.3, 0.4) is 0 Å². The standard InChI is InChI=1S/C16H21NO/c1-12-7-9-13(10-8-12)16(18)15-11-17(15)14-5-3-2-4-6-14/h7-10,14-15H,2-6,11H2,1H3. The second-order valence-electron chi connectivity index (χ2n) is 5.73. The van der Waals surface area contributed by atoms with Gasteiger partial charge in [0.15, 0.2) is 5.78 Å². The predicted molar refractivity (Wildman–Crippen MR) is 72.9 cm³/mol. The van der Waals surface area contributed by atoms with Crippen LogP contribution in [-0.2, 0) is 0 Å². The van der Waals surface area contributed by atoms with Crippen molar-refractivity contribution in [1.29, 1.82) is 0 Å². The van der Waals surface area contributed by atoms with Crippen LogP contribution in [-0.4, -0.2) is 29.3 Å². The number of aryl methyl sites for hydroxylation is 1. The number of hydrogen-bond donors (Lipinski definition) is 0. The van der Waals surface area contributed by atoms with Crippen LogP contribution in [0.4, 0.5) is 0 Å². The van der Waals surface area contributed by atoms with Crippen molar-refractivity contribution in [2.24, 2.45) is 0 Å². The summed E-state index contributed by atoms with van der Waals surface area (Å²) in [6.45, 7) is 3.04. The van der Waals surface area contributed by atoms with Crippen molar-refractivity contribution < 1.29 is 4.79 Å². The second kappa shape index (κ2) is 4.85. The first-order chi connectivity index (χ1) is 8.75. The SMILES string of the molecule is Cc1ccc(C(=O)C2CN2C2CCCCC2)cc1. The minimum Gasteiger partial charge on any atom is -0.292 e. The lowest BCUT2D eigenvalue weighted by Crippen LogP contribution is -2.26. The minimum absolute atomic E-state index is 0.177. The fourth-order valence-electron chi connectivity index (χ4n) is 3.11. The molecule has 2 fully saturated rings. The van der Waals surface area contributed by atoms with Crippen LogP contribution in [0.2, 0.25) is 0 Å². The van der Waals surface area contributed by atoms with Gasteiger partial charge in [0.05, 0.1) is 6.04 Å². The van der Waals surface area contributed by atoms with Gasteiger partial charge in [0, 0.05) is 18.2 Å². The molecule has 1 saturated heterocycles. The molecule has 18 heavy (non-hydrogen) atoms. The van der Waals surface area contributed by atoms with Crippen molar-refractivity contribution >= 4 is 5.78 Å². The Morgan fingerprint density at radius 3 is 2.44 bits per heavy atom. The average Bonchev–Trinajstić information content (AvgIpc) is 3.20. The molecule has 1 aliphatic carbocycles. The summed E-state index contributed by atoms with van der Waals surface area (Å²) < 4.78 is 0. The predicted octanol–water partition coefficient (Wildman–Crippen LogP) is 3.19. The second-order valence-corrected chi connectivity index (χ2v) is 5.73. The highest BCUT2D eigenvalue weighted by Crippen LogP contribution is 2.32. The average molecular weight is 243 g/mol. The molecule has 1 aromatic carbocycles. The summed E-state index contributed by atoms with van der Waals surface area (Å²) in [5.41, 5.74) is 2.09. The molecule has 3 rings (SSSR count). The van der Waals surface area contributed by atoms with Gasteiger partial charge in [-0.3, -0.25) is 9.69 Å². The molecule has 2 heteroatoms. The minimum atomic E-state index is 0.177. The van der Waals surface area contributed by atoms with E-state index in [4.69, 9.17) is 0 Å². The fourth-order valence-corrected chi connectivity index (χ4v) is 3.11. The van der Waals surface area contributed by atoms with Gasteiger partial charge < -0.3 is 0 Å². The normalized spacial score (nSPS) is 28.1. The Morgan fingerprint density at radius 1 is 1.11 bits per heavy atom. The van der Waals surface area contributed by atoms with Gasteiger partial charge in [-0.15, -0.1) is 0 Å². The molecule has 2 unspecified atom stereocenters. The molecule has 2 aliphatic rings. The molecule has 1 heterocycles. The summed E-state index contributed by atoms with van der Waals surface area (Å²) >= 11 is 0. The Balaban J connectivity index is 1.63. The summed E-state index contributed by atoms with van der Waals surface area (Å²) in [5.74, 6) is 0.320. The maximum absolute atomic E-state index is 12.3. The Kier molecular flexibility index (Phi) is 3.21. The van der Waals surface area contributed by atoms with Crippen LogP contribution >= 0.6 is 0 Å². The number of benzene rings is 1. The first-order valence-corrected chi connectivity index (χ1v) is 7.12. The van der Waals surface area contributed by atoms with Gasteiger partial charge in [0.1, 0.15) is 0 Å². The summed E-state index contributed by atoms with van der Waals surface area (Å²) in [6.07, 6.45) is 6.63. The van der Waals surface area contributed by atoms with Crippen molar-refractivity contribution in [3.8, 4) is 0 Å². The van der Waals surface area contributed by atoms with Gasteiger partial charge in [0.25, 0.3) is 0 Å². The highest BCUT2D eigenvalue weighted by atomic mass is 16.1. The molecule has 0 bridgehead atoms. The van der Waals surface area contributed by atoms with E-state index in [0.717, 1.165) is 12.1 Å². The number of hydrogen-bond acceptors (Lipinski definition) is 2. The van der Waals surface area contributed by atoms with Crippen LogP contribution in [0.25, 0.3) is 0 Å². The monoisotopic (exact) mass is 243 g/mol. The first-order valence-electron chi connectivity index (χ1n) is 7.12. The number of Topliss-reactive ketones (excluding diaryl/α,β-unsaturated/α-hetero) is 1. The van der Waals surface area contributed by atoms with Gasteiger partial charge in [-0.1, -0.05) is 49.1 Å². The maximum Gasteiger partial charge on any atom is 0.181 e. The topological polar surface area (TPSA) is 20.1 Å². The van der Waals surface area contributed by atoms with E-state index in [0.29, 0.717) is 11.8 Å². The van der Waals surface area contributed by atoms with Crippen LogP contribution < -0.4 is 0 Å². The lowest BCUT2D eigenvalue weighted by atomic mass is 9.95. The van der Waals surface area contributed by atoms with Crippen molar-refractivity contribution in [3.05, 3.63) is 35.4 Å². The van der Waals surface area contributed by atoms with E-state index < -0.39 is 0 Å². The molecule has 0 N–H and O–H groups in total. The highest BCUT2D eigenvalue weighted by molar-refractivity contribution is 6.02. The molecule has 1 aromatic rings. The van der Waals surface area contributed by atoms with Crippen LogP contribution in [0.5, 0.6) is 0 Å². The van der Waals surface area contributed by atoms with E-state index in [1.54, 1.807) is 0 Å². The third kappa shape index (κ3) is 2.35. The number of rotatable bonds is 3. The Hall–Kier alpha value is -1.15. The summed E-state index contributed by atoms with van der Waals surface area (Å²) in [4.78, 5) is 14.7. The van der Waals surface area contributed by atoms with Gasteiger partial charge in [0.2, 0.25) is 0 Å². The molecule has 2 atom stereocenters. The Morgan fingerprint density at radius 2 is 1.78 bits per heavy atom. The molecule has 1 saturated carbocycles. The zero-order chi connectivity index (χ0) is 12.5. The molecule has 96 valence electrons. The van der Waals surface area contributed by atoms with E-state index >= 15 is 0 Å². The third-order valence-electron chi connectivity index (χ3n) is 4.33. The number of carbonyl (C=O) groups excluding carboxylic acids is 1. The van der Waals surface area contributed by atoms with Crippen LogP contribution in [0.1, 0.15) is 48.0 Å². The van der Waals surface area contributed by atoms with E-state index in [9.17, 15) is 4.79 Å². The summed E-state index contributed by atoms with van der Waals surface area (Å²) in [5, 5.41) is 0. The van der Waals surface area contributed by atoms with Crippen molar-refractivity contribution in [3.63, 3.8) is 0 Å².